The number of sulfonamides is 1. The van der Waals surface area contributed by atoms with Crippen molar-refractivity contribution in [2.75, 3.05) is 39.3 Å². The lowest BCUT2D eigenvalue weighted by molar-refractivity contribution is -0.138. The fraction of sp³-hybridized carbons (Fsp3) is 0.522. The minimum atomic E-state index is -3.60. The van der Waals surface area contributed by atoms with Gasteiger partial charge in [0.05, 0.1) is 4.90 Å². The molecule has 2 aliphatic heterocycles. The van der Waals surface area contributed by atoms with Crippen LogP contribution in [0.15, 0.2) is 41.3 Å². The normalized spacial score (nSPS) is 19.9. The SMILES string of the molecule is CC(C)N1CCC(C(=O)N2CCN(S(=O)(=O)c3ccc4cc(Cl)ccc4c3)CC2)CC1. The van der Waals surface area contributed by atoms with E-state index in [-0.39, 0.29) is 16.7 Å². The van der Waals surface area contributed by atoms with Crippen molar-refractivity contribution in [3.8, 4) is 0 Å². The molecule has 0 N–H and O–H groups in total. The third-order valence-corrected chi connectivity index (χ3v) is 8.70. The highest BCUT2D eigenvalue weighted by atomic mass is 35.5. The van der Waals surface area contributed by atoms with Crippen molar-refractivity contribution >= 4 is 38.3 Å². The van der Waals surface area contributed by atoms with Gasteiger partial charge in [-0.05, 0) is 74.8 Å². The average molecular weight is 464 g/mol. The monoisotopic (exact) mass is 463 g/mol. The van der Waals surface area contributed by atoms with Crippen LogP contribution < -0.4 is 0 Å². The Morgan fingerprint density at radius 3 is 2.19 bits per heavy atom. The lowest BCUT2D eigenvalue weighted by Crippen LogP contribution is -2.53. The predicted molar refractivity (Wildman–Crippen MR) is 124 cm³/mol. The van der Waals surface area contributed by atoms with Crippen molar-refractivity contribution in [2.45, 2.75) is 37.6 Å². The number of piperidine rings is 1. The third-order valence-electron chi connectivity index (χ3n) is 6.57. The number of rotatable bonds is 4. The van der Waals surface area contributed by atoms with Gasteiger partial charge in [-0.3, -0.25) is 4.79 Å². The van der Waals surface area contributed by atoms with Gasteiger partial charge in [-0.25, -0.2) is 8.42 Å². The largest absolute Gasteiger partial charge is 0.340 e. The molecule has 2 saturated heterocycles. The van der Waals surface area contributed by atoms with Gasteiger partial charge in [0.2, 0.25) is 15.9 Å². The molecule has 2 aliphatic rings. The minimum Gasteiger partial charge on any atom is -0.340 e. The summed E-state index contributed by atoms with van der Waals surface area (Å²) in [4.78, 5) is 17.5. The number of carbonyl (C=O) groups excluding carboxylic acids is 1. The van der Waals surface area contributed by atoms with Crippen LogP contribution in [-0.2, 0) is 14.8 Å². The maximum absolute atomic E-state index is 13.2. The summed E-state index contributed by atoms with van der Waals surface area (Å²) in [6.07, 6.45) is 1.77. The quantitative estimate of drug-likeness (QED) is 0.696. The Morgan fingerprint density at radius 2 is 1.55 bits per heavy atom. The van der Waals surface area contributed by atoms with Gasteiger partial charge in [0.25, 0.3) is 0 Å². The van der Waals surface area contributed by atoms with Crippen molar-refractivity contribution in [3.63, 3.8) is 0 Å². The molecular weight excluding hydrogens is 434 g/mol. The van der Waals surface area contributed by atoms with Gasteiger partial charge in [-0.1, -0.05) is 23.7 Å². The minimum absolute atomic E-state index is 0.0606. The number of carbonyl (C=O) groups is 1. The van der Waals surface area contributed by atoms with E-state index >= 15 is 0 Å². The van der Waals surface area contributed by atoms with Crippen LogP contribution in [-0.4, -0.2) is 73.7 Å². The lowest BCUT2D eigenvalue weighted by atomic mass is 9.94. The fourth-order valence-electron chi connectivity index (χ4n) is 4.57. The van der Waals surface area contributed by atoms with E-state index in [1.54, 1.807) is 24.3 Å². The summed E-state index contributed by atoms with van der Waals surface area (Å²) in [5, 5.41) is 2.37. The molecular formula is C23H30ClN3O3S. The molecule has 6 nitrogen and oxygen atoms in total. The van der Waals surface area contributed by atoms with E-state index in [1.165, 1.54) is 4.31 Å². The van der Waals surface area contributed by atoms with Gasteiger partial charge in [0.15, 0.2) is 0 Å². The summed E-state index contributed by atoms with van der Waals surface area (Å²) in [6.45, 7) is 7.84. The van der Waals surface area contributed by atoms with Gasteiger partial charge in [0.1, 0.15) is 0 Å². The predicted octanol–water partition coefficient (Wildman–Crippen LogP) is 3.45. The number of hydrogen-bond acceptors (Lipinski definition) is 4. The van der Waals surface area contributed by atoms with E-state index in [9.17, 15) is 13.2 Å². The maximum Gasteiger partial charge on any atom is 0.243 e. The molecule has 0 bridgehead atoms. The first-order valence-electron chi connectivity index (χ1n) is 11.0. The van der Waals surface area contributed by atoms with Crippen LogP contribution in [0.5, 0.6) is 0 Å². The number of amides is 1. The zero-order valence-corrected chi connectivity index (χ0v) is 19.7. The van der Waals surface area contributed by atoms with Gasteiger partial charge in [-0.15, -0.1) is 0 Å². The summed E-state index contributed by atoms with van der Waals surface area (Å²) in [7, 11) is -3.60. The summed E-state index contributed by atoms with van der Waals surface area (Å²) < 4.78 is 27.8. The van der Waals surface area contributed by atoms with Gasteiger partial charge in [0, 0.05) is 43.2 Å². The van der Waals surface area contributed by atoms with E-state index in [0.717, 1.165) is 36.7 Å². The highest BCUT2D eigenvalue weighted by Crippen LogP contribution is 2.26. The first-order valence-corrected chi connectivity index (χ1v) is 12.8. The Bertz CT molecular complexity index is 1060. The van der Waals surface area contributed by atoms with Crippen LogP contribution in [0, 0.1) is 5.92 Å². The molecule has 0 saturated carbocycles. The molecule has 1 amide bonds. The number of nitrogens with zero attached hydrogens (tertiary/aromatic N) is 3. The molecule has 0 aliphatic carbocycles. The smallest absolute Gasteiger partial charge is 0.243 e. The van der Waals surface area contributed by atoms with Crippen molar-refractivity contribution < 1.29 is 13.2 Å². The van der Waals surface area contributed by atoms with E-state index in [0.29, 0.717) is 37.2 Å². The summed E-state index contributed by atoms with van der Waals surface area (Å²) in [5.41, 5.74) is 0. The second-order valence-corrected chi connectivity index (χ2v) is 11.2. The number of piperazine rings is 1. The standard InChI is InChI=1S/C23H30ClN3O3S/c1-17(2)25-9-7-18(8-10-25)23(28)26-11-13-27(14-12-26)31(29,30)22-6-4-19-15-21(24)5-3-20(19)16-22/h3-6,15-18H,7-14H2,1-2H3. The van der Waals surface area contributed by atoms with Gasteiger partial charge in [-0.2, -0.15) is 4.31 Å². The van der Waals surface area contributed by atoms with Gasteiger partial charge < -0.3 is 9.80 Å². The molecule has 0 spiro atoms. The second kappa shape index (κ2) is 9.06. The summed E-state index contributed by atoms with van der Waals surface area (Å²) in [6, 6.07) is 11.0. The molecule has 0 unspecified atom stereocenters. The number of hydrogen-bond donors (Lipinski definition) is 0. The number of benzene rings is 2. The maximum atomic E-state index is 13.2. The highest BCUT2D eigenvalue weighted by Gasteiger charge is 2.34. The molecule has 2 heterocycles. The van der Waals surface area contributed by atoms with E-state index < -0.39 is 10.0 Å². The van der Waals surface area contributed by atoms with Crippen molar-refractivity contribution in [1.29, 1.82) is 0 Å². The van der Waals surface area contributed by atoms with Crippen molar-refractivity contribution in [2.24, 2.45) is 5.92 Å². The molecule has 0 aromatic heterocycles. The molecule has 4 rings (SSSR count). The Morgan fingerprint density at radius 1 is 0.935 bits per heavy atom. The Labute approximate surface area is 189 Å². The summed E-state index contributed by atoms with van der Waals surface area (Å²) >= 11 is 6.03. The lowest BCUT2D eigenvalue weighted by Gasteiger charge is -2.39. The van der Waals surface area contributed by atoms with Gasteiger partial charge >= 0.3 is 0 Å². The number of fused-ring (bicyclic) bond motifs is 1. The Kier molecular flexibility index (Phi) is 6.58. The molecule has 8 heteroatoms. The van der Waals surface area contributed by atoms with E-state index in [1.807, 2.05) is 17.0 Å². The highest BCUT2D eigenvalue weighted by molar-refractivity contribution is 7.89. The fourth-order valence-corrected chi connectivity index (χ4v) is 6.21. The van der Waals surface area contributed by atoms with Crippen LogP contribution >= 0.6 is 11.6 Å². The Balaban J connectivity index is 1.39. The Hall–Kier alpha value is -1.67. The average Bonchev–Trinajstić information content (AvgIpc) is 2.78. The first-order chi connectivity index (χ1) is 14.8. The van der Waals surface area contributed by atoms with Crippen molar-refractivity contribution in [3.05, 3.63) is 41.4 Å². The van der Waals surface area contributed by atoms with E-state index in [4.69, 9.17) is 11.6 Å². The first kappa shape index (κ1) is 22.5. The van der Waals surface area contributed by atoms with Crippen LogP contribution in [0.4, 0.5) is 0 Å². The molecule has 2 aromatic rings. The zero-order valence-electron chi connectivity index (χ0n) is 18.1. The molecule has 2 fully saturated rings. The van der Waals surface area contributed by atoms with Crippen LogP contribution in [0.3, 0.4) is 0 Å². The molecule has 0 radical (unpaired) electrons. The molecule has 168 valence electrons. The zero-order chi connectivity index (χ0) is 22.2. The second-order valence-electron chi connectivity index (χ2n) is 8.79. The summed E-state index contributed by atoms with van der Waals surface area (Å²) in [5.74, 6) is 0.244. The molecule has 0 atom stereocenters. The van der Waals surface area contributed by atoms with Crippen molar-refractivity contribution in [1.82, 2.24) is 14.1 Å². The van der Waals surface area contributed by atoms with Crippen LogP contribution in [0.2, 0.25) is 5.02 Å². The van der Waals surface area contributed by atoms with E-state index in [2.05, 4.69) is 18.7 Å². The topological polar surface area (TPSA) is 60.9 Å². The van der Waals surface area contributed by atoms with Crippen LogP contribution in [0.25, 0.3) is 10.8 Å². The third kappa shape index (κ3) is 4.75. The number of likely N-dealkylation sites (tertiary alicyclic amines) is 1. The van der Waals surface area contributed by atoms with Crippen LogP contribution in [0.1, 0.15) is 26.7 Å². The molecule has 2 aromatic carbocycles. The molecule has 31 heavy (non-hydrogen) atoms. The number of halogens is 1.